The van der Waals surface area contributed by atoms with Crippen LogP contribution in [0, 0.1) is 13.8 Å². The van der Waals surface area contributed by atoms with E-state index >= 15 is 0 Å². The van der Waals surface area contributed by atoms with Gasteiger partial charge in [0.15, 0.2) is 0 Å². The summed E-state index contributed by atoms with van der Waals surface area (Å²) in [6.45, 7) is 9.50. The van der Waals surface area contributed by atoms with Crippen LogP contribution in [0.3, 0.4) is 0 Å². The van der Waals surface area contributed by atoms with Crippen LogP contribution in [-0.4, -0.2) is 57.5 Å². The van der Waals surface area contributed by atoms with Crippen molar-refractivity contribution in [1.29, 1.82) is 0 Å². The zero-order valence-electron chi connectivity index (χ0n) is 23.1. The minimum Gasteiger partial charge on any atom is -0.468 e. The van der Waals surface area contributed by atoms with E-state index < -0.39 is 5.60 Å². The van der Waals surface area contributed by atoms with Crippen LogP contribution in [0.2, 0.25) is 0 Å². The maximum atomic E-state index is 13.8. The molecule has 1 aromatic heterocycles. The van der Waals surface area contributed by atoms with E-state index in [1.54, 1.807) is 0 Å². The van der Waals surface area contributed by atoms with Crippen molar-refractivity contribution in [1.82, 2.24) is 19.8 Å². The van der Waals surface area contributed by atoms with E-state index in [-0.39, 0.29) is 5.91 Å². The van der Waals surface area contributed by atoms with Crippen molar-refractivity contribution in [3.8, 4) is 17.1 Å². The molecule has 0 radical (unpaired) electrons. The number of aryl methyl sites for hydroxylation is 2. The maximum Gasteiger partial charge on any atom is 0.254 e. The van der Waals surface area contributed by atoms with Crippen molar-refractivity contribution in [2.75, 3.05) is 30.9 Å². The molecule has 7 nitrogen and oxygen atoms in total. The number of nitrogens with one attached hydrogen (secondary N) is 1. The fourth-order valence-electron chi connectivity index (χ4n) is 5.66. The van der Waals surface area contributed by atoms with E-state index in [1.807, 2.05) is 41.3 Å². The minimum atomic E-state index is -0.705. The van der Waals surface area contributed by atoms with Gasteiger partial charge in [-0.25, -0.2) is 4.98 Å². The number of anilines is 1. The van der Waals surface area contributed by atoms with E-state index in [0.29, 0.717) is 37.0 Å². The first-order chi connectivity index (χ1) is 19.3. The largest absolute Gasteiger partial charge is 0.468 e. The molecule has 1 N–H and O–H groups in total. The number of fused-ring (bicyclic) bond motifs is 6. The summed E-state index contributed by atoms with van der Waals surface area (Å²) in [5.41, 5.74) is 5.34. The first-order valence-corrected chi connectivity index (χ1v) is 14.4. The lowest BCUT2D eigenvalue weighted by Crippen LogP contribution is -2.50. The van der Waals surface area contributed by atoms with Crippen LogP contribution >= 0.6 is 11.9 Å². The average molecular weight is 552 g/mol. The summed E-state index contributed by atoms with van der Waals surface area (Å²) in [6.07, 6.45) is 0. The van der Waals surface area contributed by atoms with Crippen molar-refractivity contribution in [2.45, 2.75) is 37.8 Å². The quantitative estimate of drug-likeness (QED) is 0.314. The summed E-state index contributed by atoms with van der Waals surface area (Å²) in [5, 5.41) is 0. The van der Waals surface area contributed by atoms with Crippen LogP contribution in [0.5, 0.6) is 5.88 Å². The number of aromatic nitrogens is 2. The summed E-state index contributed by atoms with van der Waals surface area (Å²) in [5.74, 6) is 0.955. The average Bonchev–Trinajstić information content (AvgIpc) is 3.09. The highest BCUT2D eigenvalue weighted by Crippen LogP contribution is 2.33. The molecule has 1 saturated heterocycles. The van der Waals surface area contributed by atoms with Gasteiger partial charge in [0.25, 0.3) is 5.91 Å². The second-order valence-corrected chi connectivity index (χ2v) is 11.8. The summed E-state index contributed by atoms with van der Waals surface area (Å²) in [4.78, 5) is 28.7. The second-order valence-electron chi connectivity index (χ2n) is 10.9. The predicted octanol–water partition coefficient (Wildman–Crippen LogP) is 5.99. The molecule has 204 valence electrons. The summed E-state index contributed by atoms with van der Waals surface area (Å²) in [7, 11) is 0. The number of nitrogens with zero attached hydrogens (tertiary/aromatic N) is 4. The molecule has 0 spiro atoms. The van der Waals surface area contributed by atoms with Gasteiger partial charge in [0, 0.05) is 48.3 Å². The first-order valence-electron chi connectivity index (χ1n) is 13.6. The van der Waals surface area contributed by atoms with Gasteiger partial charge in [0.2, 0.25) is 11.8 Å². The Labute approximate surface area is 239 Å². The van der Waals surface area contributed by atoms with Crippen LogP contribution in [0.1, 0.15) is 34.0 Å². The summed E-state index contributed by atoms with van der Waals surface area (Å²) in [6, 6.07) is 26.3. The highest BCUT2D eigenvalue weighted by Gasteiger charge is 2.37. The molecule has 6 rings (SSSR count). The van der Waals surface area contributed by atoms with Crippen molar-refractivity contribution < 1.29 is 9.53 Å². The number of ether oxygens (including phenoxy) is 1. The molecule has 1 amide bonds. The third kappa shape index (κ3) is 5.69. The fourth-order valence-corrected chi connectivity index (χ4v) is 6.30. The number of hydrogen-bond donors (Lipinski definition) is 1. The molecule has 2 aliphatic rings. The third-order valence-corrected chi connectivity index (χ3v) is 8.21. The first kappa shape index (κ1) is 26.3. The summed E-state index contributed by atoms with van der Waals surface area (Å²) < 4.78 is 10.1. The van der Waals surface area contributed by atoms with Crippen molar-refractivity contribution in [3.63, 3.8) is 0 Å². The van der Waals surface area contributed by atoms with E-state index in [9.17, 15) is 4.79 Å². The van der Waals surface area contributed by atoms with Gasteiger partial charge in [-0.15, -0.1) is 0 Å². The number of amides is 1. The number of hydrogen-bond acceptors (Lipinski definition) is 7. The summed E-state index contributed by atoms with van der Waals surface area (Å²) >= 11 is 1.39. The fraction of sp³-hybridized carbons (Fsp3) is 0.281. The molecule has 0 aliphatic carbocycles. The van der Waals surface area contributed by atoms with Crippen LogP contribution in [0.25, 0.3) is 11.3 Å². The number of benzene rings is 3. The van der Waals surface area contributed by atoms with Crippen LogP contribution in [0.15, 0.2) is 83.8 Å². The molecule has 8 heteroatoms. The van der Waals surface area contributed by atoms with Gasteiger partial charge in [0.05, 0.1) is 12.2 Å². The Morgan fingerprint density at radius 3 is 2.50 bits per heavy atom. The lowest BCUT2D eigenvalue weighted by molar-refractivity contribution is 0.0289. The Kier molecular flexibility index (Phi) is 7.21. The Morgan fingerprint density at radius 2 is 1.70 bits per heavy atom. The molecule has 3 aromatic carbocycles. The standard InChI is InChI=1S/C32H33N5O2S/c1-22-9-7-10-23(2)29(22)27-18-28-34-31(33-27)35-40-26-14-8-13-25(17-26)30(38)37-16-15-36(20-32(3,21-37)39-28)19-24-11-5-4-6-12-24/h4-14,17-18H,15-16,19-21H2,1-3H3,(H,33,34,35). The second kappa shape index (κ2) is 10.9. The van der Waals surface area contributed by atoms with Gasteiger partial charge >= 0.3 is 0 Å². The molecular weight excluding hydrogens is 518 g/mol. The number of carbonyl (C=O) groups is 1. The molecule has 2 aliphatic heterocycles. The van der Waals surface area contributed by atoms with Crippen LogP contribution in [-0.2, 0) is 6.54 Å². The molecule has 4 aromatic rings. The molecule has 1 fully saturated rings. The normalized spacial score (nSPS) is 19.4. The third-order valence-electron chi connectivity index (χ3n) is 7.44. The van der Waals surface area contributed by atoms with Gasteiger partial charge in [-0.05, 0) is 67.6 Å². The Hall–Kier alpha value is -3.88. The van der Waals surface area contributed by atoms with Crippen LogP contribution in [0.4, 0.5) is 5.95 Å². The maximum absolute atomic E-state index is 13.8. The minimum absolute atomic E-state index is 0.00657. The van der Waals surface area contributed by atoms with Crippen molar-refractivity contribution >= 4 is 23.8 Å². The molecule has 6 bridgehead atoms. The van der Waals surface area contributed by atoms with Gasteiger partial charge < -0.3 is 9.64 Å². The smallest absolute Gasteiger partial charge is 0.254 e. The van der Waals surface area contributed by atoms with E-state index in [0.717, 1.165) is 40.4 Å². The molecule has 0 saturated carbocycles. The number of rotatable bonds is 3. The van der Waals surface area contributed by atoms with E-state index in [2.05, 4.69) is 72.9 Å². The van der Waals surface area contributed by atoms with Crippen molar-refractivity contribution in [2.24, 2.45) is 0 Å². The van der Waals surface area contributed by atoms with E-state index in [4.69, 9.17) is 14.7 Å². The predicted molar refractivity (Wildman–Crippen MR) is 160 cm³/mol. The molecular formula is C32H33N5O2S. The molecule has 1 atom stereocenters. The highest BCUT2D eigenvalue weighted by molar-refractivity contribution is 8.00. The Balaban J connectivity index is 1.44. The molecule has 40 heavy (non-hydrogen) atoms. The molecule has 1 unspecified atom stereocenters. The van der Waals surface area contributed by atoms with Gasteiger partial charge in [-0.1, -0.05) is 54.6 Å². The van der Waals surface area contributed by atoms with Crippen molar-refractivity contribution in [3.05, 3.63) is 101 Å². The lowest BCUT2D eigenvalue weighted by Gasteiger charge is -2.34. The molecule has 3 heterocycles. The van der Waals surface area contributed by atoms with Gasteiger partial charge in [-0.2, -0.15) is 4.98 Å². The Morgan fingerprint density at radius 1 is 0.925 bits per heavy atom. The van der Waals surface area contributed by atoms with E-state index in [1.165, 1.54) is 17.5 Å². The van der Waals surface area contributed by atoms with Crippen LogP contribution < -0.4 is 9.46 Å². The zero-order valence-corrected chi connectivity index (χ0v) is 23.9. The lowest BCUT2D eigenvalue weighted by atomic mass is 10.00. The topological polar surface area (TPSA) is 70.6 Å². The monoisotopic (exact) mass is 551 g/mol. The van der Waals surface area contributed by atoms with Gasteiger partial charge in [0.1, 0.15) is 5.60 Å². The SMILES string of the molecule is Cc1cccc(C)c1-c1cc2nc(n1)NSc1cccc(c1)C(=O)N1CCN(Cc3ccccc3)CC(C)(C1)O2. The Bertz CT molecular complexity index is 1530. The number of carbonyl (C=O) groups excluding carboxylic acids is 1. The van der Waals surface area contributed by atoms with Gasteiger partial charge in [-0.3, -0.25) is 14.4 Å². The zero-order chi connectivity index (χ0) is 27.7. The highest BCUT2D eigenvalue weighted by atomic mass is 32.2.